The van der Waals surface area contributed by atoms with Gasteiger partial charge in [-0.3, -0.25) is 19.6 Å². The molecule has 2 aromatic heterocycles. The molecular formula is C20H19N7OS. The molecule has 3 N–H and O–H groups in total. The third-order valence-electron chi connectivity index (χ3n) is 4.34. The highest BCUT2D eigenvalue weighted by Gasteiger charge is 2.13. The van der Waals surface area contributed by atoms with Gasteiger partial charge < -0.3 is 5.32 Å². The predicted octanol–water partition coefficient (Wildman–Crippen LogP) is 3.65. The van der Waals surface area contributed by atoms with Crippen LogP contribution in [0.3, 0.4) is 0 Å². The van der Waals surface area contributed by atoms with Crippen LogP contribution in [0.15, 0.2) is 48.5 Å². The Morgan fingerprint density at radius 1 is 1.07 bits per heavy atom. The number of carbonyl (C=O) groups is 1. The van der Waals surface area contributed by atoms with Crippen molar-refractivity contribution in [3.05, 3.63) is 64.7 Å². The van der Waals surface area contributed by atoms with Gasteiger partial charge in [0.05, 0.1) is 0 Å². The quantitative estimate of drug-likeness (QED) is 0.440. The van der Waals surface area contributed by atoms with E-state index >= 15 is 0 Å². The van der Waals surface area contributed by atoms with Crippen molar-refractivity contribution in [2.24, 2.45) is 0 Å². The topological polar surface area (TPSA) is 104 Å². The van der Waals surface area contributed by atoms with E-state index in [1.54, 1.807) is 4.57 Å². The fourth-order valence-corrected chi connectivity index (χ4v) is 3.22. The highest BCUT2D eigenvalue weighted by molar-refractivity contribution is 7.71. The fraction of sp³-hybridized carbons (Fsp3) is 0.150. The van der Waals surface area contributed by atoms with Crippen LogP contribution in [0.2, 0.25) is 0 Å². The van der Waals surface area contributed by atoms with Crippen molar-refractivity contribution in [1.82, 2.24) is 29.9 Å². The molecule has 0 saturated carbocycles. The average molecular weight is 405 g/mol. The summed E-state index contributed by atoms with van der Waals surface area (Å²) in [6.07, 6.45) is 0. The maximum absolute atomic E-state index is 12.7. The van der Waals surface area contributed by atoms with Crippen molar-refractivity contribution < 1.29 is 4.79 Å². The summed E-state index contributed by atoms with van der Waals surface area (Å²) >= 11 is 5.32. The summed E-state index contributed by atoms with van der Waals surface area (Å²) in [4.78, 5) is 17.0. The third-order valence-corrected chi connectivity index (χ3v) is 4.65. The number of nitrogens with zero attached hydrogens (tertiary/aromatic N) is 4. The van der Waals surface area contributed by atoms with Gasteiger partial charge in [-0.15, -0.1) is 0 Å². The number of aromatic amines is 2. The molecule has 2 aromatic carbocycles. The number of amides is 1. The summed E-state index contributed by atoms with van der Waals surface area (Å²) in [6, 6.07) is 15.3. The van der Waals surface area contributed by atoms with Crippen LogP contribution in [-0.4, -0.2) is 35.9 Å². The molecule has 8 nitrogen and oxygen atoms in total. The minimum Gasteiger partial charge on any atom is -0.325 e. The first kappa shape index (κ1) is 18.8. The van der Waals surface area contributed by atoms with Crippen molar-refractivity contribution >= 4 is 23.8 Å². The summed E-state index contributed by atoms with van der Waals surface area (Å²) < 4.78 is 2.07. The smallest absolute Gasteiger partial charge is 0.244 e. The van der Waals surface area contributed by atoms with Crippen LogP contribution < -0.4 is 5.32 Å². The monoisotopic (exact) mass is 405 g/mol. The fourth-order valence-electron chi connectivity index (χ4n) is 3.02. The lowest BCUT2D eigenvalue weighted by atomic mass is 10.1. The number of benzene rings is 2. The van der Waals surface area contributed by atoms with E-state index in [0.29, 0.717) is 22.1 Å². The van der Waals surface area contributed by atoms with E-state index in [2.05, 4.69) is 30.7 Å². The molecule has 0 fully saturated rings. The van der Waals surface area contributed by atoms with Gasteiger partial charge in [-0.2, -0.15) is 10.2 Å². The van der Waals surface area contributed by atoms with E-state index in [1.165, 1.54) is 0 Å². The van der Waals surface area contributed by atoms with Gasteiger partial charge in [-0.05, 0) is 44.3 Å². The molecule has 0 spiro atoms. The molecule has 0 aliphatic heterocycles. The number of rotatable bonds is 5. The number of nitrogens with one attached hydrogen (secondary N) is 3. The Kier molecular flexibility index (Phi) is 5.05. The minimum absolute atomic E-state index is 0.0442. The average Bonchev–Trinajstić information content (AvgIpc) is 3.28. The number of hydrogen-bond acceptors (Lipinski definition) is 5. The van der Waals surface area contributed by atoms with Crippen LogP contribution in [0.4, 0.5) is 5.69 Å². The largest absolute Gasteiger partial charge is 0.325 e. The molecule has 0 bridgehead atoms. The molecule has 1 amide bonds. The van der Waals surface area contributed by atoms with Crippen molar-refractivity contribution in [1.29, 1.82) is 0 Å². The molecule has 146 valence electrons. The first-order chi connectivity index (χ1) is 14.0. The highest BCUT2D eigenvalue weighted by atomic mass is 32.1. The normalized spacial score (nSPS) is 10.8. The SMILES string of the molecule is Cc1cccc(-c2n[nH]c(=S)n2CC(=O)Nc2cccc(-c3n[nH]c(C)n3)c2)c1. The molecule has 29 heavy (non-hydrogen) atoms. The number of anilines is 1. The maximum Gasteiger partial charge on any atom is 0.244 e. The summed E-state index contributed by atoms with van der Waals surface area (Å²) in [5.41, 5.74) is 3.47. The Morgan fingerprint density at radius 3 is 2.62 bits per heavy atom. The first-order valence-electron chi connectivity index (χ1n) is 9.01. The van der Waals surface area contributed by atoms with E-state index in [9.17, 15) is 4.79 Å². The molecule has 0 unspecified atom stereocenters. The molecule has 9 heteroatoms. The zero-order valence-corrected chi connectivity index (χ0v) is 16.7. The number of hydrogen-bond donors (Lipinski definition) is 3. The summed E-state index contributed by atoms with van der Waals surface area (Å²) in [7, 11) is 0. The highest BCUT2D eigenvalue weighted by Crippen LogP contribution is 2.21. The van der Waals surface area contributed by atoms with E-state index < -0.39 is 0 Å². The van der Waals surface area contributed by atoms with Gasteiger partial charge in [0.1, 0.15) is 12.4 Å². The van der Waals surface area contributed by atoms with Crippen molar-refractivity contribution in [3.63, 3.8) is 0 Å². The Morgan fingerprint density at radius 2 is 1.86 bits per heavy atom. The van der Waals surface area contributed by atoms with Crippen molar-refractivity contribution in [3.8, 4) is 22.8 Å². The van der Waals surface area contributed by atoms with Gasteiger partial charge in [0.15, 0.2) is 16.4 Å². The Hall–Kier alpha value is -3.59. The molecule has 4 rings (SSSR count). The summed E-state index contributed by atoms with van der Waals surface area (Å²) in [6.45, 7) is 3.88. The van der Waals surface area contributed by atoms with E-state index in [0.717, 1.165) is 22.5 Å². The Balaban J connectivity index is 1.54. The maximum atomic E-state index is 12.7. The summed E-state index contributed by atoms with van der Waals surface area (Å²) in [5.74, 6) is 1.73. The predicted molar refractivity (Wildman–Crippen MR) is 113 cm³/mol. The number of aryl methyl sites for hydroxylation is 2. The second kappa shape index (κ2) is 7.80. The van der Waals surface area contributed by atoms with Gasteiger partial charge in [0.25, 0.3) is 0 Å². The van der Waals surface area contributed by atoms with Gasteiger partial charge >= 0.3 is 0 Å². The first-order valence-corrected chi connectivity index (χ1v) is 9.42. The third kappa shape index (κ3) is 4.14. The molecular weight excluding hydrogens is 386 g/mol. The summed E-state index contributed by atoms with van der Waals surface area (Å²) in [5, 5.41) is 16.9. The lowest BCUT2D eigenvalue weighted by molar-refractivity contribution is -0.116. The lowest BCUT2D eigenvalue weighted by Gasteiger charge is -2.09. The second-order valence-electron chi connectivity index (χ2n) is 6.68. The number of aromatic nitrogens is 6. The molecule has 0 aliphatic carbocycles. The molecule has 0 saturated heterocycles. The van der Waals surface area contributed by atoms with Gasteiger partial charge in [0, 0.05) is 16.8 Å². The molecule has 0 radical (unpaired) electrons. The zero-order chi connectivity index (χ0) is 20.4. The molecule has 0 atom stereocenters. The molecule has 2 heterocycles. The van der Waals surface area contributed by atoms with Gasteiger partial charge in [0.2, 0.25) is 5.91 Å². The van der Waals surface area contributed by atoms with Crippen LogP contribution in [0.1, 0.15) is 11.4 Å². The molecule has 4 aromatic rings. The van der Waals surface area contributed by atoms with Gasteiger partial charge in [-0.25, -0.2) is 4.98 Å². The van der Waals surface area contributed by atoms with Crippen LogP contribution in [-0.2, 0) is 11.3 Å². The van der Waals surface area contributed by atoms with E-state index in [4.69, 9.17) is 12.2 Å². The van der Waals surface area contributed by atoms with Crippen LogP contribution in [0.5, 0.6) is 0 Å². The van der Waals surface area contributed by atoms with Crippen molar-refractivity contribution in [2.75, 3.05) is 5.32 Å². The van der Waals surface area contributed by atoms with E-state index in [-0.39, 0.29) is 12.5 Å². The molecule has 0 aliphatic rings. The second-order valence-corrected chi connectivity index (χ2v) is 7.07. The zero-order valence-electron chi connectivity index (χ0n) is 15.9. The Labute approximate surface area is 172 Å². The van der Waals surface area contributed by atoms with Crippen LogP contribution in [0, 0.1) is 18.6 Å². The van der Waals surface area contributed by atoms with Gasteiger partial charge in [-0.1, -0.05) is 35.9 Å². The standard InChI is InChI=1S/C20H19N7OS/c1-12-5-3-7-15(9-12)19-25-26-20(29)27(19)11-17(28)22-16-8-4-6-14(10-16)18-21-13(2)23-24-18/h3-10H,11H2,1-2H3,(H,22,28)(H,26,29)(H,21,23,24). The van der Waals surface area contributed by atoms with Crippen LogP contribution >= 0.6 is 12.2 Å². The van der Waals surface area contributed by atoms with Crippen molar-refractivity contribution in [2.45, 2.75) is 20.4 Å². The number of carbonyl (C=O) groups excluding carboxylic acids is 1. The van der Waals surface area contributed by atoms with E-state index in [1.807, 2.05) is 62.4 Å². The number of H-pyrrole nitrogens is 2. The van der Waals surface area contributed by atoms with Crippen LogP contribution in [0.25, 0.3) is 22.8 Å². The Bertz CT molecular complexity index is 1240. The minimum atomic E-state index is -0.209. The lowest BCUT2D eigenvalue weighted by Crippen LogP contribution is -2.19.